The fraction of sp³-hybridized carbons (Fsp3) is 0.217. The van der Waals surface area contributed by atoms with Crippen LogP contribution in [0.3, 0.4) is 0 Å². The van der Waals surface area contributed by atoms with Crippen LogP contribution in [0.4, 0.5) is 22.0 Å². The van der Waals surface area contributed by atoms with Crippen LogP contribution in [0.15, 0.2) is 54.6 Å². The van der Waals surface area contributed by atoms with E-state index in [-0.39, 0.29) is 19.3 Å². The number of halogens is 5. The van der Waals surface area contributed by atoms with Crippen LogP contribution >= 0.6 is 0 Å². The molecule has 2 aromatic carbocycles. The number of nitrogens with zero attached hydrogens (tertiary/aromatic N) is 1. The van der Waals surface area contributed by atoms with Crippen molar-refractivity contribution in [3.63, 3.8) is 0 Å². The number of alkyl halides is 3. The molecule has 172 valence electrons. The van der Waals surface area contributed by atoms with E-state index in [1.165, 1.54) is 17.0 Å². The molecule has 0 aromatic heterocycles. The van der Waals surface area contributed by atoms with Crippen LogP contribution in [0.5, 0.6) is 0 Å². The Balaban J connectivity index is 1.55. The predicted octanol–water partition coefficient (Wildman–Crippen LogP) is 4.75. The van der Waals surface area contributed by atoms with Crippen molar-refractivity contribution in [2.45, 2.75) is 12.3 Å². The molecule has 0 bridgehead atoms. The van der Waals surface area contributed by atoms with Crippen LogP contribution < -0.4 is 0 Å². The Morgan fingerprint density at radius 1 is 1.03 bits per heavy atom. The summed E-state index contributed by atoms with van der Waals surface area (Å²) in [5.41, 5.74) is -1.17. The van der Waals surface area contributed by atoms with Crippen molar-refractivity contribution < 1.29 is 41.4 Å². The summed E-state index contributed by atoms with van der Waals surface area (Å²) in [6.45, 7) is -0.0987. The number of rotatable bonds is 3. The number of carbonyl (C=O) groups excluding carboxylic acids is 1. The van der Waals surface area contributed by atoms with Gasteiger partial charge in [0.1, 0.15) is 18.4 Å². The van der Waals surface area contributed by atoms with E-state index in [4.69, 9.17) is 9.84 Å². The van der Waals surface area contributed by atoms with Crippen LogP contribution in [-0.2, 0) is 10.9 Å². The number of carboxylic acids is 1. The van der Waals surface area contributed by atoms with Crippen molar-refractivity contribution in [2.75, 3.05) is 13.3 Å². The monoisotopic (exact) mass is 465 g/mol. The number of carbonyl (C=O) groups is 2. The van der Waals surface area contributed by atoms with Crippen LogP contribution in [0.2, 0.25) is 0 Å². The van der Waals surface area contributed by atoms with Gasteiger partial charge in [-0.3, -0.25) is 4.79 Å². The lowest BCUT2D eigenvalue weighted by Crippen LogP contribution is -2.47. The Kier molecular flexibility index (Phi) is 5.79. The van der Waals surface area contributed by atoms with Gasteiger partial charge < -0.3 is 14.7 Å². The number of benzene rings is 2. The summed E-state index contributed by atoms with van der Waals surface area (Å²) in [7, 11) is 0. The number of fused-ring (bicyclic) bond motifs is 1. The largest absolute Gasteiger partial charge is 0.478 e. The third-order valence-electron chi connectivity index (χ3n) is 5.48. The maximum Gasteiger partial charge on any atom is 0.416 e. The minimum Gasteiger partial charge on any atom is -0.478 e. The average molecular weight is 465 g/mol. The molecule has 5 nitrogen and oxygen atoms in total. The molecule has 2 atom stereocenters. The molecular weight excluding hydrogens is 449 g/mol. The standard InChI is InChI=1S/C23H16F5NO4/c24-18-5-1-13(8-17(18)22(31)32)12-2-6-20-14(7-12)10-29(11-33-20)21(30)16-4-3-15(9-19(16)25)23(26,27)28/h1-9,14,20H,10-11H2,(H,31,32). The molecule has 4 rings (SSSR count). The van der Waals surface area contributed by atoms with E-state index < -0.39 is 58.4 Å². The zero-order chi connectivity index (χ0) is 23.9. The van der Waals surface area contributed by atoms with Gasteiger partial charge in [-0.05, 0) is 41.5 Å². The highest BCUT2D eigenvalue weighted by molar-refractivity contribution is 5.94. The molecule has 1 aliphatic heterocycles. The van der Waals surface area contributed by atoms with Gasteiger partial charge >= 0.3 is 12.1 Å². The number of allylic oxidation sites excluding steroid dienone is 2. The van der Waals surface area contributed by atoms with Crippen molar-refractivity contribution in [2.24, 2.45) is 5.92 Å². The summed E-state index contributed by atoms with van der Waals surface area (Å²) < 4.78 is 71.9. The number of hydrogen-bond acceptors (Lipinski definition) is 3. The first-order chi connectivity index (χ1) is 15.5. The second kappa shape index (κ2) is 8.43. The molecule has 10 heteroatoms. The van der Waals surface area contributed by atoms with Gasteiger partial charge in [0.05, 0.1) is 22.8 Å². The first-order valence-corrected chi connectivity index (χ1v) is 9.75. The maximum absolute atomic E-state index is 14.2. The van der Waals surface area contributed by atoms with E-state index in [0.29, 0.717) is 17.2 Å². The highest BCUT2D eigenvalue weighted by Gasteiger charge is 2.35. The molecule has 2 aromatic rings. The summed E-state index contributed by atoms with van der Waals surface area (Å²) in [6, 6.07) is 5.36. The van der Waals surface area contributed by atoms with Gasteiger partial charge in [-0.2, -0.15) is 13.2 Å². The number of carboxylic acid groups (broad SMARTS) is 1. The smallest absolute Gasteiger partial charge is 0.416 e. The molecule has 0 radical (unpaired) electrons. The lowest BCUT2D eigenvalue weighted by molar-refractivity contribution is -0.137. The molecule has 2 unspecified atom stereocenters. The fourth-order valence-corrected chi connectivity index (χ4v) is 3.78. The Hall–Kier alpha value is -3.53. The summed E-state index contributed by atoms with van der Waals surface area (Å²) in [5, 5.41) is 9.13. The van der Waals surface area contributed by atoms with Crippen molar-refractivity contribution in [1.29, 1.82) is 0 Å². The number of aromatic carboxylic acids is 1. The number of ether oxygens (including phenoxy) is 1. The van der Waals surface area contributed by atoms with Crippen LogP contribution in [0.1, 0.15) is 31.8 Å². The molecule has 1 aliphatic carbocycles. The van der Waals surface area contributed by atoms with Crippen molar-refractivity contribution in [3.8, 4) is 0 Å². The third-order valence-corrected chi connectivity index (χ3v) is 5.48. The SMILES string of the molecule is O=C(O)c1cc(C2=CC3CN(C(=O)c4ccc(C(F)(F)F)cc4F)COC3C=C2)ccc1F. The van der Waals surface area contributed by atoms with Gasteiger partial charge in [0.2, 0.25) is 0 Å². The molecule has 1 saturated heterocycles. The lowest BCUT2D eigenvalue weighted by Gasteiger charge is -2.38. The van der Waals surface area contributed by atoms with E-state index in [1.807, 2.05) is 0 Å². The quantitative estimate of drug-likeness (QED) is 0.665. The van der Waals surface area contributed by atoms with Crippen LogP contribution in [-0.4, -0.2) is 41.3 Å². The first-order valence-electron chi connectivity index (χ1n) is 9.75. The lowest BCUT2D eigenvalue weighted by atomic mass is 9.88. The molecule has 2 aliphatic rings. The summed E-state index contributed by atoms with van der Waals surface area (Å²) in [4.78, 5) is 25.1. The molecular formula is C23H16F5NO4. The van der Waals surface area contributed by atoms with Crippen LogP contribution in [0.25, 0.3) is 5.57 Å². The molecule has 0 saturated carbocycles. The van der Waals surface area contributed by atoms with E-state index in [9.17, 15) is 31.5 Å². The van der Waals surface area contributed by atoms with E-state index >= 15 is 0 Å². The van der Waals surface area contributed by atoms with Gasteiger partial charge in [-0.1, -0.05) is 24.3 Å². The highest BCUT2D eigenvalue weighted by atomic mass is 19.4. The summed E-state index contributed by atoms with van der Waals surface area (Å²) >= 11 is 0. The Morgan fingerprint density at radius 2 is 1.79 bits per heavy atom. The molecule has 33 heavy (non-hydrogen) atoms. The third kappa shape index (κ3) is 4.51. The Morgan fingerprint density at radius 3 is 2.45 bits per heavy atom. The normalized spacial score (nSPS) is 20.3. The zero-order valence-corrected chi connectivity index (χ0v) is 16.8. The second-order valence-electron chi connectivity index (χ2n) is 7.63. The van der Waals surface area contributed by atoms with E-state index in [1.54, 1.807) is 18.2 Å². The minimum absolute atomic E-state index is 0.0881. The first kappa shape index (κ1) is 22.7. The Labute approximate surface area is 184 Å². The topological polar surface area (TPSA) is 66.8 Å². The molecule has 1 fully saturated rings. The maximum atomic E-state index is 14.2. The fourth-order valence-electron chi connectivity index (χ4n) is 3.78. The Bertz CT molecular complexity index is 1190. The van der Waals surface area contributed by atoms with Gasteiger partial charge in [0.15, 0.2) is 0 Å². The highest BCUT2D eigenvalue weighted by Crippen LogP contribution is 2.33. The van der Waals surface area contributed by atoms with Gasteiger partial charge in [0, 0.05) is 12.5 Å². The van der Waals surface area contributed by atoms with Crippen molar-refractivity contribution in [3.05, 3.63) is 88.5 Å². The minimum atomic E-state index is -4.74. The zero-order valence-electron chi connectivity index (χ0n) is 16.8. The van der Waals surface area contributed by atoms with Crippen molar-refractivity contribution in [1.82, 2.24) is 4.90 Å². The summed E-state index contributed by atoms with van der Waals surface area (Å²) in [6.07, 6.45) is -0.0151. The molecule has 0 spiro atoms. The molecule has 1 N–H and O–H groups in total. The molecule has 1 amide bonds. The second-order valence-corrected chi connectivity index (χ2v) is 7.63. The number of amides is 1. The predicted molar refractivity (Wildman–Crippen MR) is 106 cm³/mol. The average Bonchev–Trinajstić information content (AvgIpc) is 2.77. The van der Waals surface area contributed by atoms with Crippen LogP contribution in [0, 0.1) is 17.6 Å². The molecule has 1 heterocycles. The van der Waals surface area contributed by atoms with Gasteiger partial charge in [-0.15, -0.1) is 0 Å². The van der Waals surface area contributed by atoms with Crippen molar-refractivity contribution >= 4 is 17.4 Å². The van der Waals surface area contributed by atoms with E-state index in [0.717, 1.165) is 12.1 Å². The summed E-state index contributed by atoms with van der Waals surface area (Å²) in [5.74, 6) is -4.79. The van der Waals surface area contributed by atoms with Gasteiger partial charge in [-0.25, -0.2) is 13.6 Å². The van der Waals surface area contributed by atoms with E-state index in [2.05, 4.69) is 0 Å². The number of hydrogen-bond donors (Lipinski definition) is 1. The van der Waals surface area contributed by atoms with Gasteiger partial charge in [0.25, 0.3) is 5.91 Å².